The standard InChI is InChI=1S/C15H10F5NO/c1-8-2-4-10(7-12(8)15(18,19)20)21-14(22)11-5-3-9(16)6-13(11)17/h2-7H,1H3,(H,21,22). The SMILES string of the molecule is Cc1ccc(NC(=O)c2ccc(F)cc2F)cc1C(F)(F)F. The van der Waals surface area contributed by atoms with E-state index >= 15 is 0 Å². The first kappa shape index (κ1) is 15.9. The molecular weight excluding hydrogens is 305 g/mol. The molecule has 0 spiro atoms. The highest BCUT2D eigenvalue weighted by molar-refractivity contribution is 6.04. The number of hydrogen-bond acceptors (Lipinski definition) is 1. The number of aryl methyl sites for hydroxylation is 1. The smallest absolute Gasteiger partial charge is 0.322 e. The van der Waals surface area contributed by atoms with Gasteiger partial charge in [0.05, 0.1) is 11.1 Å². The van der Waals surface area contributed by atoms with Crippen LogP contribution in [0.2, 0.25) is 0 Å². The van der Waals surface area contributed by atoms with Crippen molar-refractivity contribution < 1.29 is 26.7 Å². The minimum atomic E-state index is -4.56. The van der Waals surface area contributed by atoms with Crippen molar-refractivity contribution in [2.75, 3.05) is 5.32 Å². The quantitative estimate of drug-likeness (QED) is 0.810. The maximum Gasteiger partial charge on any atom is 0.416 e. The Hall–Kier alpha value is -2.44. The highest BCUT2D eigenvalue weighted by atomic mass is 19.4. The minimum absolute atomic E-state index is 0.00142. The Balaban J connectivity index is 2.29. The van der Waals surface area contributed by atoms with Gasteiger partial charge in [0, 0.05) is 11.8 Å². The van der Waals surface area contributed by atoms with E-state index in [2.05, 4.69) is 5.32 Å². The number of amides is 1. The third kappa shape index (κ3) is 3.41. The fraction of sp³-hybridized carbons (Fsp3) is 0.133. The number of alkyl halides is 3. The van der Waals surface area contributed by atoms with Crippen molar-refractivity contribution in [2.45, 2.75) is 13.1 Å². The molecule has 7 heteroatoms. The van der Waals surface area contributed by atoms with Gasteiger partial charge in [0.15, 0.2) is 0 Å². The van der Waals surface area contributed by atoms with Crippen LogP contribution in [0.15, 0.2) is 36.4 Å². The molecule has 22 heavy (non-hydrogen) atoms. The molecule has 0 fully saturated rings. The molecule has 2 aromatic rings. The lowest BCUT2D eigenvalue weighted by atomic mass is 10.1. The second-order valence-corrected chi connectivity index (χ2v) is 4.61. The molecule has 0 aliphatic heterocycles. The Morgan fingerprint density at radius 2 is 1.73 bits per heavy atom. The molecule has 2 aromatic carbocycles. The van der Waals surface area contributed by atoms with Crippen LogP contribution in [0.1, 0.15) is 21.5 Å². The number of anilines is 1. The van der Waals surface area contributed by atoms with Crippen LogP contribution in [0, 0.1) is 18.6 Å². The van der Waals surface area contributed by atoms with Gasteiger partial charge in [-0.15, -0.1) is 0 Å². The average molecular weight is 315 g/mol. The van der Waals surface area contributed by atoms with E-state index in [1.54, 1.807) is 0 Å². The zero-order valence-corrected chi connectivity index (χ0v) is 11.3. The third-order valence-electron chi connectivity index (χ3n) is 2.98. The van der Waals surface area contributed by atoms with Gasteiger partial charge in [0.1, 0.15) is 11.6 Å². The summed E-state index contributed by atoms with van der Waals surface area (Å²) >= 11 is 0. The summed E-state index contributed by atoms with van der Waals surface area (Å²) < 4.78 is 64.6. The molecule has 0 aromatic heterocycles. The molecule has 0 bridgehead atoms. The third-order valence-corrected chi connectivity index (χ3v) is 2.98. The fourth-order valence-corrected chi connectivity index (χ4v) is 1.88. The summed E-state index contributed by atoms with van der Waals surface area (Å²) in [7, 11) is 0. The average Bonchev–Trinajstić information content (AvgIpc) is 2.39. The molecule has 0 unspecified atom stereocenters. The van der Waals surface area contributed by atoms with Crippen LogP contribution in [0.4, 0.5) is 27.6 Å². The Kier molecular flexibility index (Phi) is 4.16. The van der Waals surface area contributed by atoms with Gasteiger partial charge in [0.2, 0.25) is 0 Å². The monoisotopic (exact) mass is 315 g/mol. The topological polar surface area (TPSA) is 29.1 Å². The molecule has 1 amide bonds. The van der Waals surface area contributed by atoms with Crippen molar-refractivity contribution in [1.82, 2.24) is 0 Å². The number of carbonyl (C=O) groups excluding carboxylic acids is 1. The van der Waals surface area contributed by atoms with E-state index < -0.39 is 34.8 Å². The van der Waals surface area contributed by atoms with Crippen LogP contribution < -0.4 is 5.32 Å². The van der Waals surface area contributed by atoms with Crippen molar-refractivity contribution in [3.63, 3.8) is 0 Å². The van der Waals surface area contributed by atoms with Gasteiger partial charge in [-0.2, -0.15) is 13.2 Å². The molecule has 0 aliphatic carbocycles. The number of nitrogens with one attached hydrogen (secondary N) is 1. The van der Waals surface area contributed by atoms with Crippen molar-refractivity contribution in [3.8, 4) is 0 Å². The van der Waals surface area contributed by atoms with E-state index in [0.29, 0.717) is 6.07 Å². The lowest BCUT2D eigenvalue weighted by Crippen LogP contribution is -2.15. The molecule has 116 valence electrons. The van der Waals surface area contributed by atoms with E-state index in [4.69, 9.17) is 0 Å². The number of rotatable bonds is 2. The van der Waals surface area contributed by atoms with Crippen LogP contribution >= 0.6 is 0 Å². The van der Waals surface area contributed by atoms with Crippen LogP contribution in [0.3, 0.4) is 0 Å². The normalized spacial score (nSPS) is 11.4. The maximum atomic E-state index is 13.5. The predicted molar refractivity (Wildman–Crippen MR) is 70.5 cm³/mol. The number of carbonyl (C=O) groups is 1. The van der Waals surface area contributed by atoms with Crippen LogP contribution in [-0.4, -0.2) is 5.91 Å². The molecule has 1 N–H and O–H groups in total. The van der Waals surface area contributed by atoms with Gasteiger partial charge in [-0.25, -0.2) is 8.78 Å². The largest absolute Gasteiger partial charge is 0.416 e. The van der Waals surface area contributed by atoms with Crippen LogP contribution in [0.25, 0.3) is 0 Å². The number of benzene rings is 2. The van der Waals surface area contributed by atoms with Crippen molar-refractivity contribution >= 4 is 11.6 Å². The summed E-state index contributed by atoms with van der Waals surface area (Å²) in [5.41, 5.74) is -1.49. The van der Waals surface area contributed by atoms with Crippen LogP contribution in [-0.2, 0) is 6.18 Å². The summed E-state index contributed by atoms with van der Waals surface area (Å²) in [6.45, 7) is 1.29. The highest BCUT2D eigenvalue weighted by Gasteiger charge is 2.32. The summed E-state index contributed by atoms with van der Waals surface area (Å²) in [5, 5.41) is 2.16. The molecule has 0 radical (unpaired) electrons. The van der Waals surface area contributed by atoms with Gasteiger partial charge >= 0.3 is 6.18 Å². The summed E-state index contributed by atoms with van der Waals surface area (Å²) in [5.74, 6) is -2.92. The predicted octanol–water partition coefficient (Wildman–Crippen LogP) is 4.54. The molecule has 2 rings (SSSR count). The number of hydrogen-bond donors (Lipinski definition) is 1. The van der Waals surface area contributed by atoms with Gasteiger partial charge < -0.3 is 5.32 Å². The van der Waals surface area contributed by atoms with E-state index in [1.165, 1.54) is 19.1 Å². The van der Waals surface area contributed by atoms with E-state index in [-0.39, 0.29) is 11.3 Å². The zero-order chi connectivity index (χ0) is 16.5. The van der Waals surface area contributed by atoms with Crippen molar-refractivity contribution in [3.05, 3.63) is 64.7 Å². The van der Waals surface area contributed by atoms with Crippen molar-refractivity contribution in [1.29, 1.82) is 0 Å². The minimum Gasteiger partial charge on any atom is -0.322 e. The molecule has 0 aliphatic rings. The zero-order valence-electron chi connectivity index (χ0n) is 11.3. The van der Waals surface area contributed by atoms with Gasteiger partial charge in [-0.05, 0) is 36.8 Å². The first-order valence-electron chi connectivity index (χ1n) is 6.13. The Bertz CT molecular complexity index is 724. The Morgan fingerprint density at radius 1 is 1.05 bits per heavy atom. The molecule has 0 saturated carbocycles. The van der Waals surface area contributed by atoms with E-state index in [9.17, 15) is 26.7 Å². The summed E-state index contributed by atoms with van der Waals surface area (Å²) in [6.07, 6.45) is -4.56. The first-order valence-corrected chi connectivity index (χ1v) is 6.13. The molecule has 0 saturated heterocycles. The first-order chi connectivity index (χ1) is 10.2. The van der Waals surface area contributed by atoms with Gasteiger partial charge in [-0.3, -0.25) is 4.79 Å². The lowest BCUT2D eigenvalue weighted by molar-refractivity contribution is -0.138. The second-order valence-electron chi connectivity index (χ2n) is 4.61. The highest BCUT2D eigenvalue weighted by Crippen LogP contribution is 2.33. The molecule has 0 heterocycles. The number of halogens is 5. The van der Waals surface area contributed by atoms with Gasteiger partial charge in [0.25, 0.3) is 5.91 Å². The Morgan fingerprint density at radius 3 is 2.32 bits per heavy atom. The summed E-state index contributed by atoms with van der Waals surface area (Å²) in [4.78, 5) is 11.8. The fourth-order valence-electron chi connectivity index (χ4n) is 1.88. The molecule has 0 atom stereocenters. The van der Waals surface area contributed by atoms with E-state index in [1.807, 2.05) is 0 Å². The molecular formula is C15H10F5NO. The maximum absolute atomic E-state index is 13.5. The van der Waals surface area contributed by atoms with E-state index in [0.717, 1.165) is 18.2 Å². The molecule has 2 nitrogen and oxygen atoms in total. The second kappa shape index (κ2) is 5.75. The van der Waals surface area contributed by atoms with Gasteiger partial charge in [-0.1, -0.05) is 6.07 Å². The summed E-state index contributed by atoms with van der Waals surface area (Å²) in [6, 6.07) is 5.54. The lowest BCUT2D eigenvalue weighted by Gasteiger charge is -2.13. The Labute approximate surface area is 122 Å². The van der Waals surface area contributed by atoms with Crippen molar-refractivity contribution in [2.24, 2.45) is 0 Å². The van der Waals surface area contributed by atoms with Crippen LogP contribution in [0.5, 0.6) is 0 Å².